The van der Waals surface area contributed by atoms with Gasteiger partial charge in [-0.15, -0.1) is 0 Å². The van der Waals surface area contributed by atoms with Crippen molar-refractivity contribution in [3.8, 4) is 0 Å². The molecule has 4 rings (SSSR count). The molecule has 0 amide bonds. The van der Waals surface area contributed by atoms with Gasteiger partial charge in [0.05, 0.1) is 38.1 Å². The summed E-state index contributed by atoms with van der Waals surface area (Å²) in [5.74, 6) is 0. The molecule has 1 saturated heterocycles. The van der Waals surface area contributed by atoms with Gasteiger partial charge >= 0.3 is 0 Å². The van der Waals surface area contributed by atoms with Gasteiger partial charge in [0.15, 0.2) is 0 Å². The lowest BCUT2D eigenvalue weighted by atomic mass is 9.74. The topological polar surface area (TPSA) is 8.88 Å². The van der Waals surface area contributed by atoms with Gasteiger partial charge in [-0.2, -0.15) is 0 Å². The molecule has 4 heteroatoms. The Morgan fingerprint density at radius 2 is 1.50 bits per heavy atom. The molecule has 0 aliphatic carbocycles. The molecular weight excluding hydrogens is 387 g/mol. The number of nitrogens with one attached hydrogen (secondary N) is 2. The van der Waals surface area contributed by atoms with Crippen LogP contribution in [-0.2, 0) is 5.41 Å². The minimum atomic E-state index is 0. The molecule has 2 atom stereocenters. The first-order valence-corrected chi connectivity index (χ1v) is 10.7. The van der Waals surface area contributed by atoms with Crippen LogP contribution in [-0.4, -0.2) is 32.7 Å². The predicted molar refractivity (Wildman–Crippen MR) is 108 cm³/mol. The van der Waals surface area contributed by atoms with E-state index in [1.807, 2.05) is 4.90 Å². The Hall–Kier alpha value is -1.06. The number of piperidine rings is 1. The zero-order valence-corrected chi connectivity index (χ0v) is 18.5. The summed E-state index contributed by atoms with van der Waals surface area (Å²) in [5.41, 5.74) is 4.79. The maximum Gasteiger partial charge on any atom is 0.135 e. The highest BCUT2D eigenvalue weighted by Gasteiger charge is 2.46. The molecule has 0 bridgehead atoms. The van der Waals surface area contributed by atoms with E-state index in [0.717, 1.165) is 0 Å². The maximum absolute atomic E-state index is 2.38. The number of fused-ring (bicyclic) bond motifs is 1. The number of benzene rings is 2. The lowest BCUT2D eigenvalue weighted by Crippen LogP contribution is -3.14. The van der Waals surface area contributed by atoms with Crippen LogP contribution >= 0.6 is 0 Å². The van der Waals surface area contributed by atoms with Crippen molar-refractivity contribution in [1.29, 1.82) is 0 Å². The quantitative estimate of drug-likeness (QED) is 0.477. The zero-order valence-electron chi connectivity index (χ0n) is 17.0. The highest BCUT2D eigenvalue weighted by atomic mass is 35.5. The van der Waals surface area contributed by atoms with Crippen molar-refractivity contribution in [2.24, 2.45) is 0 Å². The van der Waals surface area contributed by atoms with Crippen molar-refractivity contribution in [2.45, 2.75) is 44.4 Å². The van der Waals surface area contributed by atoms with Gasteiger partial charge in [0.1, 0.15) is 5.69 Å². The third kappa shape index (κ3) is 4.57. The van der Waals surface area contributed by atoms with E-state index in [1.54, 1.807) is 16.2 Å². The van der Waals surface area contributed by atoms with Crippen molar-refractivity contribution < 1.29 is 34.6 Å². The normalized spacial score (nSPS) is 24.1. The minimum Gasteiger partial charge on any atom is -1.00 e. The first kappa shape index (κ1) is 23.2. The van der Waals surface area contributed by atoms with Crippen LogP contribution in [0.3, 0.4) is 0 Å². The molecule has 2 aromatic rings. The summed E-state index contributed by atoms with van der Waals surface area (Å²) in [7, 11) is 0. The van der Waals surface area contributed by atoms with Gasteiger partial charge in [-0.1, -0.05) is 55.5 Å². The van der Waals surface area contributed by atoms with Crippen LogP contribution < -0.4 is 34.6 Å². The number of rotatable bonds is 6. The van der Waals surface area contributed by atoms with E-state index in [1.165, 1.54) is 70.4 Å². The summed E-state index contributed by atoms with van der Waals surface area (Å²) in [6.45, 7) is 9.00. The van der Waals surface area contributed by atoms with Crippen LogP contribution in [0.15, 0.2) is 54.6 Å². The summed E-state index contributed by atoms with van der Waals surface area (Å²) in [4.78, 5) is 3.54. The van der Waals surface area contributed by atoms with Gasteiger partial charge in [-0.3, -0.25) is 0 Å². The van der Waals surface area contributed by atoms with Crippen molar-refractivity contribution in [3.63, 3.8) is 0 Å². The smallest absolute Gasteiger partial charge is 0.135 e. The van der Waals surface area contributed by atoms with E-state index >= 15 is 0 Å². The monoisotopic (exact) mass is 420 g/mol. The van der Waals surface area contributed by atoms with Gasteiger partial charge in [0.25, 0.3) is 0 Å². The minimum absolute atomic E-state index is 0. The zero-order chi connectivity index (χ0) is 17.8. The number of quaternary nitrogens is 2. The van der Waals surface area contributed by atoms with Crippen LogP contribution in [0, 0.1) is 0 Å². The fraction of sp³-hybridized carbons (Fsp3) is 0.500. The summed E-state index contributed by atoms with van der Waals surface area (Å²) in [6.07, 6.45) is 6.83. The van der Waals surface area contributed by atoms with E-state index < -0.39 is 0 Å². The average molecular weight is 421 g/mol. The largest absolute Gasteiger partial charge is 1.00 e. The Balaban J connectivity index is 0.00000140. The fourth-order valence-electron chi connectivity index (χ4n) is 5.37. The molecule has 2 aromatic carbocycles. The fourth-order valence-corrected chi connectivity index (χ4v) is 5.37. The Morgan fingerprint density at radius 3 is 2.21 bits per heavy atom. The van der Waals surface area contributed by atoms with Crippen LogP contribution in [0.2, 0.25) is 0 Å². The second kappa shape index (κ2) is 10.6. The molecule has 0 saturated carbocycles. The number of halogens is 2. The summed E-state index contributed by atoms with van der Waals surface area (Å²) < 4.78 is 0. The second-order valence-corrected chi connectivity index (χ2v) is 8.29. The molecule has 0 aromatic heterocycles. The van der Waals surface area contributed by atoms with Crippen molar-refractivity contribution >= 4 is 5.69 Å². The first-order chi connectivity index (χ1) is 12.8. The lowest BCUT2D eigenvalue weighted by Gasteiger charge is -2.28. The standard InChI is InChI=1S/C24H32N2.2ClH/c1-2-24(21-12-5-3-6-13-21)20-26(23-15-8-7-14-22(23)24)19-11-18-25-16-9-4-10-17-25;;/h3,5-8,12-15H,2,4,9-11,16-20H2,1H3;2*1H. The average Bonchev–Trinajstić information content (AvgIpc) is 3.05. The molecule has 154 valence electrons. The second-order valence-electron chi connectivity index (χ2n) is 8.29. The predicted octanol–water partition coefficient (Wildman–Crippen LogP) is -3.62. The number of hydrogen-bond donors (Lipinski definition) is 2. The van der Waals surface area contributed by atoms with Crippen molar-refractivity contribution in [3.05, 3.63) is 65.7 Å². The molecule has 2 heterocycles. The third-order valence-electron chi connectivity index (χ3n) is 6.84. The molecule has 2 aliphatic heterocycles. The molecule has 2 N–H and O–H groups in total. The van der Waals surface area contributed by atoms with Crippen molar-refractivity contribution in [1.82, 2.24) is 0 Å². The van der Waals surface area contributed by atoms with Gasteiger partial charge in [0, 0.05) is 12.0 Å². The Labute approximate surface area is 183 Å². The lowest BCUT2D eigenvalue weighted by molar-refractivity contribution is -0.909. The highest BCUT2D eigenvalue weighted by molar-refractivity contribution is 5.53. The molecule has 2 unspecified atom stereocenters. The van der Waals surface area contributed by atoms with E-state index in [9.17, 15) is 0 Å². The van der Waals surface area contributed by atoms with Gasteiger partial charge < -0.3 is 34.6 Å². The number of hydrogen-bond acceptors (Lipinski definition) is 0. The molecule has 2 nitrogen and oxygen atoms in total. The molecule has 2 aliphatic rings. The summed E-state index contributed by atoms with van der Waals surface area (Å²) >= 11 is 0. The molecule has 28 heavy (non-hydrogen) atoms. The first-order valence-electron chi connectivity index (χ1n) is 10.7. The van der Waals surface area contributed by atoms with E-state index in [2.05, 4.69) is 61.5 Å². The van der Waals surface area contributed by atoms with Crippen LogP contribution in [0.25, 0.3) is 0 Å². The summed E-state index contributed by atoms with van der Waals surface area (Å²) in [6, 6.07) is 20.4. The Morgan fingerprint density at radius 1 is 0.821 bits per heavy atom. The molecular formula is C24H34Cl2N2. The van der Waals surface area contributed by atoms with E-state index in [-0.39, 0.29) is 30.2 Å². The van der Waals surface area contributed by atoms with Gasteiger partial charge in [-0.25, -0.2) is 0 Å². The van der Waals surface area contributed by atoms with Crippen LogP contribution in [0.5, 0.6) is 0 Å². The van der Waals surface area contributed by atoms with E-state index in [0.29, 0.717) is 0 Å². The van der Waals surface area contributed by atoms with Gasteiger partial charge in [0.2, 0.25) is 0 Å². The number of likely N-dealkylation sites (tertiary alicyclic amines) is 1. The number of para-hydroxylation sites is 1. The van der Waals surface area contributed by atoms with Gasteiger partial charge in [-0.05, 0) is 37.3 Å². The molecule has 1 fully saturated rings. The maximum atomic E-state index is 2.38. The van der Waals surface area contributed by atoms with Crippen molar-refractivity contribution in [2.75, 3.05) is 32.7 Å². The van der Waals surface area contributed by atoms with E-state index in [4.69, 9.17) is 0 Å². The van der Waals surface area contributed by atoms with Crippen LogP contribution in [0.4, 0.5) is 5.69 Å². The summed E-state index contributed by atoms with van der Waals surface area (Å²) in [5, 5.41) is 0. The molecule has 0 radical (unpaired) electrons. The third-order valence-corrected chi connectivity index (χ3v) is 6.84. The Kier molecular flexibility index (Phi) is 8.82. The highest BCUT2D eigenvalue weighted by Crippen LogP contribution is 2.40. The Bertz CT molecular complexity index is 716. The SMILES string of the molecule is CCC1(c2ccccc2)C[NH+](CCC[NH+]2CCCCC2)c2ccccc21.[Cl-].[Cl-]. The van der Waals surface area contributed by atoms with Crippen LogP contribution in [0.1, 0.15) is 50.2 Å². The molecule has 0 spiro atoms.